The summed E-state index contributed by atoms with van der Waals surface area (Å²) in [6.07, 6.45) is 1.75. The number of H-pyrrole nitrogens is 1. The summed E-state index contributed by atoms with van der Waals surface area (Å²) in [7, 11) is 1.52. The van der Waals surface area contributed by atoms with Crippen molar-refractivity contribution in [2.45, 2.75) is 6.92 Å². The fraction of sp³-hybridized carbons (Fsp3) is 0.200. The predicted octanol–water partition coefficient (Wildman–Crippen LogP) is 0.652. The molecule has 0 aliphatic heterocycles. The van der Waals surface area contributed by atoms with Crippen LogP contribution in [-0.4, -0.2) is 24.5 Å². The summed E-state index contributed by atoms with van der Waals surface area (Å²) >= 11 is 1.29. The highest BCUT2D eigenvalue weighted by Gasteiger charge is 2.06. The second kappa shape index (κ2) is 6.41. The van der Waals surface area contributed by atoms with Gasteiger partial charge in [-0.25, -0.2) is 0 Å². The molecule has 0 atom stereocenters. The summed E-state index contributed by atoms with van der Waals surface area (Å²) in [5.41, 5.74) is 0.634. The Kier molecular flexibility index (Phi) is 4.59. The molecule has 0 bridgehead atoms. The fourth-order valence-corrected chi connectivity index (χ4v) is 2.46. The molecule has 110 valence electrons. The van der Waals surface area contributed by atoms with Crippen molar-refractivity contribution in [3.63, 3.8) is 0 Å². The topological polar surface area (TPSA) is 68.4 Å². The second-order valence-corrected chi connectivity index (χ2v) is 5.53. The molecule has 2 aromatic rings. The van der Waals surface area contributed by atoms with E-state index in [2.05, 4.69) is 11.6 Å². The number of benzene rings is 1. The molecule has 0 saturated heterocycles. The lowest BCUT2D eigenvalue weighted by atomic mass is 10.2. The van der Waals surface area contributed by atoms with Crippen LogP contribution in [-0.2, 0) is 4.79 Å². The molecule has 0 radical (unpaired) electrons. The number of nitrogens with one attached hydrogen (secondary N) is 1. The number of hydrogen-bond donors (Lipinski definition) is 1. The first-order chi connectivity index (χ1) is 9.99. The lowest BCUT2D eigenvalue weighted by molar-refractivity contribution is -0.118. The molecule has 0 amide bonds. The van der Waals surface area contributed by atoms with Gasteiger partial charge in [0.05, 0.1) is 16.3 Å². The van der Waals surface area contributed by atoms with Gasteiger partial charge >= 0.3 is 0 Å². The number of ketones is 1. The number of hydrogen-bond acceptors (Lipinski definition) is 5. The van der Waals surface area contributed by atoms with E-state index in [1.165, 1.54) is 25.4 Å². The molecular weight excluding hydrogens is 290 g/mol. The monoisotopic (exact) mass is 305 g/mol. The number of carbonyl (C=O) groups is 1. The van der Waals surface area contributed by atoms with E-state index in [0.717, 1.165) is 5.56 Å². The van der Waals surface area contributed by atoms with Crippen molar-refractivity contribution < 1.29 is 14.3 Å². The van der Waals surface area contributed by atoms with Crippen molar-refractivity contribution in [1.82, 2.24) is 4.98 Å². The Balaban J connectivity index is 2.37. The normalized spacial score (nSPS) is 11.4. The Labute approximate surface area is 125 Å². The van der Waals surface area contributed by atoms with Crippen molar-refractivity contribution in [2.24, 2.45) is 0 Å². The van der Waals surface area contributed by atoms with Gasteiger partial charge in [-0.3, -0.25) is 9.59 Å². The molecule has 0 spiro atoms. The van der Waals surface area contributed by atoms with Gasteiger partial charge in [0.15, 0.2) is 17.3 Å². The average Bonchev–Trinajstić information content (AvgIpc) is 2.75. The minimum Gasteiger partial charge on any atom is -0.493 e. The number of aromatic amines is 1. The zero-order chi connectivity index (χ0) is 15.4. The first-order valence-corrected chi connectivity index (χ1v) is 7.01. The standard InChI is InChI=1S/C15H15NO4S/c1-9(17)8-20-12-5-4-11(6-13(12)19-3)7-14-15(18)16-10(2)21-14/h4-7H,2,8H2,1,3H3,(H,16,18)/b14-7-. The third-order valence-electron chi connectivity index (χ3n) is 2.63. The van der Waals surface area contributed by atoms with Crippen LogP contribution in [0.4, 0.5) is 0 Å². The van der Waals surface area contributed by atoms with E-state index in [4.69, 9.17) is 9.47 Å². The van der Waals surface area contributed by atoms with Crippen molar-refractivity contribution in [1.29, 1.82) is 0 Å². The van der Waals surface area contributed by atoms with Crippen molar-refractivity contribution >= 4 is 29.8 Å². The van der Waals surface area contributed by atoms with Crippen LogP contribution in [0.25, 0.3) is 12.7 Å². The number of rotatable bonds is 5. The molecule has 1 aromatic heterocycles. The summed E-state index contributed by atoms with van der Waals surface area (Å²) in [6.45, 7) is 5.15. The highest BCUT2D eigenvalue weighted by atomic mass is 32.1. The third-order valence-corrected chi connectivity index (χ3v) is 3.50. The Bertz CT molecular complexity index is 819. The van der Waals surface area contributed by atoms with Crippen LogP contribution in [0.2, 0.25) is 0 Å². The number of ether oxygens (including phenoxy) is 2. The molecule has 0 unspecified atom stereocenters. The molecule has 1 aromatic carbocycles. The molecular formula is C15H15NO4S. The van der Waals surface area contributed by atoms with E-state index >= 15 is 0 Å². The number of methoxy groups -OCH3 is 1. The quantitative estimate of drug-likeness (QED) is 0.881. The highest BCUT2D eigenvalue weighted by molar-refractivity contribution is 7.07. The highest BCUT2D eigenvalue weighted by Crippen LogP contribution is 2.28. The number of thiazole rings is 1. The molecule has 2 rings (SSSR count). The molecule has 6 heteroatoms. The Morgan fingerprint density at radius 1 is 1.43 bits per heavy atom. The zero-order valence-corrected chi connectivity index (χ0v) is 12.6. The maximum atomic E-state index is 11.6. The third kappa shape index (κ3) is 3.82. The zero-order valence-electron chi connectivity index (χ0n) is 11.8. The minimum atomic E-state index is -0.166. The SMILES string of the molecule is C=c1[nH]c(=O)/c(=C/c2ccc(OCC(C)=O)c(OC)c2)s1. The molecule has 0 aliphatic carbocycles. The Morgan fingerprint density at radius 2 is 2.19 bits per heavy atom. The summed E-state index contributed by atoms with van der Waals surface area (Å²) in [4.78, 5) is 25.2. The Morgan fingerprint density at radius 3 is 2.76 bits per heavy atom. The maximum absolute atomic E-state index is 11.6. The summed E-state index contributed by atoms with van der Waals surface area (Å²) in [5.74, 6) is 0.927. The Hall–Kier alpha value is -2.34. The molecule has 5 nitrogen and oxygen atoms in total. The van der Waals surface area contributed by atoms with Gasteiger partial charge < -0.3 is 14.5 Å². The van der Waals surface area contributed by atoms with E-state index in [1.54, 1.807) is 24.3 Å². The largest absolute Gasteiger partial charge is 0.493 e. The first kappa shape index (κ1) is 15.1. The van der Waals surface area contributed by atoms with Crippen molar-refractivity contribution in [3.8, 4) is 11.5 Å². The van der Waals surface area contributed by atoms with Gasteiger partial charge in [0.2, 0.25) is 0 Å². The van der Waals surface area contributed by atoms with E-state index in [9.17, 15) is 9.59 Å². The van der Waals surface area contributed by atoms with Gasteiger partial charge in [-0.2, -0.15) is 0 Å². The number of Topliss-reactive ketones (excluding diaryl/α,β-unsaturated/α-hetero) is 1. The van der Waals surface area contributed by atoms with Crippen LogP contribution < -0.4 is 24.2 Å². The number of aromatic nitrogens is 1. The maximum Gasteiger partial charge on any atom is 0.266 e. The summed E-state index contributed by atoms with van der Waals surface area (Å²) < 4.78 is 11.8. The van der Waals surface area contributed by atoms with E-state index in [-0.39, 0.29) is 17.9 Å². The first-order valence-electron chi connectivity index (χ1n) is 6.19. The summed E-state index contributed by atoms with van der Waals surface area (Å²) in [6, 6.07) is 5.25. The second-order valence-electron chi connectivity index (χ2n) is 4.39. The molecule has 0 aliphatic rings. The van der Waals surface area contributed by atoms with Crippen LogP contribution in [0.3, 0.4) is 0 Å². The smallest absolute Gasteiger partial charge is 0.266 e. The predicted molar refractivity (Wildman–Crippen MR) is 82.4 cm³/mol. The number of carbonyl (C=O) groups excluding carboxylic acids is 1. The van der Waals surface area contributed by atoms with Gasteiger partial charge in [-0.05, 0) is 30.7 Å². The molecule has 0 saturated carbocycles. The van der Waals surface area contributed by atoms with Crippen LogP contribution in [0.1, 0.15) is 12.5 Å². The molecule has 21 heavy (non-hydrogen) atoms. The van der Waals surface area contributed by atoms with E-state index in [1.807, 2.05) is 0 Å². The van der Waals surface area contributed by atoms with E-state index < -0.39 is 0 Å². The molecule has 1 heterocycles. The van der Waals surface area contributed by atoms with Crippen LogP contribution in [0.5, 0.6) is 11.5 Å². The average molecular weight is 305 g/mol. The molecule has 1 N–H and O–H groups in total. The van der Waals surface area contributed by atoms with Crippen LogP contribution >= 0.6 is 11.3 Å². The fourth-order valence-electron chi connectivity index (χ4n) is 1.71. The van der Waals surface area contributed by atoms with Gasteiger partial charge in [0, 0.05) is 0 Å². The van der Waals surface area contributed by atoms with Crippen molar-refractivity contribution in [2.75, 3.05) is 13.7 Å². The lowest BCUT2D eigenvalue weighted by Gasteiger charge is -2.09. The lowest BCUT2D eigenvalue weighted by Crippen LogP contribution is -2.19. The van der Waals surface area contributed by atoms with Gasteiger partial charge in [0.1, 0.15) is 6.61 Å². The van der Waals surface area contributed by atoms with E-state index in [0.29, 0.717) is 20.7 Å². The van der Waals surface area contributed by atoms with Gasteiger partial charge in [-0.1, -0.05) is 12.6 Å². The van der Waals surface area contributed by atoms with Crippen LogP contribution in [0.15, 0.2) is 23.0 Å². The molecule has 0 fully saturated rings. The summed E-state index contributed by atoms with van der Waals surface area (Å²) in [5, 5.41) is 0. The van der Waals surface area contributed by atoms with Crippen LogP contribution in [0, 0.1) is 0 Å². The van der Waals surface area contributed by atoms with Gasteiger partial charge in [-0.15, -0.1) is 11.3 Å². The minimum absolute atomic E-state index is 0.00508. The van der Waals surface area contributed by atoms with Gasteiger partial charge in [0.25, 0.3) is 5.56 Å². The van der Waals surface area contributed by atoms with Crippen molar-refractivity contribution in [3.05, 3.63) is 43.3 Å².